The summed E-state index contributed by atoms with van der Waals surface area (Å²) >= 11 is 0. The molecule has 3 aromatic rings. The van der Waals surface area contributed by atoms with Gasteiger partial charge in [-0.2, -0.15) is 0 Å². The van der Waals surface area contributed by atoms with Crippen molar-refractivity contribution < 1.29 is 28.5 Å². The van der Waals surface area contributed by atoms with E-state index < -0.39 is 11.4 Å². The van der Waals surface area contributed by atoms with E-state index in [1.807, 2.05) is 24.4 Å². The molecule has 0 radical (unpaired) electrons. The van der Waals surface area contributed by atoms with Gasteiger partial charge >= 0.3 is 0 Å². The summed E-state index contributed by atoms with van der Waals surface area (Å²) in [6.45, 7) is 3.83. The zero-order valence-corrected chi connectivity index (χ0v) is 22.6. The second kappa shape index (κ2) is 11.1. The molecule has 4 heterocycles. The van der Waals surface area contributed by atoms with E-state index in [0.29, 0.717) is 88.1 Å². The van der Waals surface area contributed by atoms with E-state index in [9.17, 15) is 14.3 Å². The Kier molecular flexibility index (Phi) is 7.33. The minimum absolute atomic E-state index is 0.146. The molecule has 2 aromatic carbocycles. The number of piperidine rings is 2. The zero-order valence-electron chi connectivity index (χ0n) is 22.6. The van der Waals surface area contributed by atoms with Crippen LogP contribution in [0.25, 0.3) is 0 Å². The van der Waals surface area contributed by atoms with Gasteiger partial charge in [-0.1, -0.05) is 17.3 Å². The molecule has 6 rings (SSSR count). The molecule has 1 aromatic heterocycles. The molecule has 1 amide bonds. The molecular formula is C29H34FN5O5. The fraction of sp³-hybridized carbons (Fsp3) is 0.483. The molecule has 10 nitrogen and oxygen atoms in total. The van der Waals surface area contributed by atoms with Gasteiger partial charge in [-0.3, -0.25) is 14.4 Å². The molecule has 11 heteroatoms. The predicted octanol–water partition coefficient (Wildman–Crippen LogP) is 2.89. The summed E-state index contributed by atoms with van der Waals surface area (Å²) in [6, 6.07) is 9.88. The average Bonchev–Trinajstić information content (AvgIpc) is 3.41. The number of aryl methyl sites for hydroxylation is 1. The third-order valence-electron chi connectivity index (χ3n) is 8.23. The third-order valence-corrected chi connectivity index (χ3v) is 8.23. The van der Waals surface area contributed by atoms with Crippen molar-refractivity contribution >= 4 is 5.91 Å². The van der Waals surface area contributed by atoms with Crippen LogP contribution in [0.2, 0.25) is 0 Å². The second-order valence-corrected chi connectivity index (χ2v) is 10.8. The number of benzene rings is 2. The van der Waals surface area contributed by atoms with Gasteiger partial charge in [0, 0.05) is 57.2 Å². The van der Waals surface area contributed by atoms with Crippen molar-refractivity contribution in [3.63, 3.8) is 0 Å². The fourth-order valence-electron chi connectivity index (χ4n) is 5.98. The number of ether oxygens (including phenoxy) is 3. The molecular weight excluding hydrogens is 517 g/mol. The van der Waals surface area contributed by atoms with Crippen molar-refractivity contribution in [3.8, 4) is 17.2 Å². The van der Waals surface area contributed by atoms with Gasteiger partial charge in [0.25, 0.3) is 5.91 Å². The average molecular weight is 552 g/mol. The number of amides is 1. The number of carbonyl (C=O) groups excluding carboxylic acids is 1. The van der Waals surface area contributed by atoms with E-state index in [2.05, 4.69) is 15.2 Å². The summed E-state index contributed by atoms with van der Waals surface area (Å²) in [5, 5.41) is 19.9. The Morgan fingerprint density at radius 1 is 1.12 bits per heavy atom. The zero-order chi connectivity index (χ0) is 27.7. The Labute approximate surface area is 232 Å². The van der Waals surface area contributed by atoms with Crippen molar-refractivity contribution in [2.45, 2.75) is 44.6 Å². The first-order valence-electron chi connectivity index (χ1n) is 13.8. The summed E-state index contributed by atoms with van der Waals surface area (Å²) in [5.74, 6) is 0.722. The fourth-order valence-corrected chi connectivity index (χ4v) is 5.98. The Balaban J connectivity index is 1.32. The van der Waals surface area contributed by atoms with Crippen molar-refractivity contribution in [2.24, 2.45) is 5.92 Å². The lowest BCUT2D eigenvalue weighted by atomic mass is 9.75. The number of halogens is 1. The van der Waals surface area contributed by atoms with Crippen molar-refractivity contribution in [1.82, 2.24) is 24.8 Å². The number of carbonyl (C=O) groups is 1. The Bertz CT molecular complexity index is 1380. The van der Waals surface area contributed by atoms with Crippen molar-refractivity contribution in [1.29, 1.82) is 0 Å². The van der Waals surface area contributed by atoms with Gasteiger partial charge in [0.15, 0.2) is 11.5 Å². The molecule has 0 aliphatic carbocycles. The van der Waals surface area contributed by atoms with Gasteiger partial charge in [-0.25, -0.2) is 4.39 Å². The number of aromatic nitrogens is 3. The van der Waals surface area contributed by atoms with Crippen LogP contribution in [-0.4, -0.2) is 81.3 Å². The summed E-state index contributed by atoms with van der Waals surface area (Å²) in [7, 11) is 1.62. The molecule has 1 unspecified atom stereocenters. The van der Waals surface area contributed by atoms with Crippen LogP contribution in [0.15, 0.2) is 42.6 Å². The number of fused-ring (bicyclic) bond motifs is 6. The van der Waals surface area contributed by atoms with Crippen LogP contribution in [-0.2, 0) is 19.7 Å². The van der Waals surface area contributed by atoms with E-state index in [0.717, 1.165) is 5.56 Å². The van der Waals surface area contributed by atoms with Crippen molar-refractivity contribution in [3.05, 3.63) is 65.2 Å². The molecule has 2 fully saturated rings. The third kappa shape index (κ3) is 5.35. The maximum absolute atomic E-state index is 14.3. The molecule has 1 N–H and O–H groups in total. The minimum Gasteiger partial charge on any atom is -0.493 e. The number of hydrogen-bond acceptors (Lipinski definition) is 8. The van der Waals surface area contributed by atoms with Crippen LogP contribution in [0, 0.1) is 11.7 Å². The van der Waals surface area contributed by atoms with Crippen LogP contribution in [0.4, 0.5) is 4.39 Å². The van der Waals surface area contributed by atoms with E-state index in [4.69, 9.17) is 14.2 Å². The second-order valence-electron chi connectivity index (χ2n) is 10.8. The highest BCUT2D eigenvalue weighted by Crippen LogP contribution is 2.39. The first kappa shape index (κ1) is 26.5. The minimum atomic E-state index is -0.842. The number of para-hydroxylation sites is 1. The Hall–Kier alpha value is -3.70. The predicted molar refractivity (Wildman–Crippen MR) is 143 cm³/mol. The molecule has 5 bridgehead atoms. The lowest BCUT2D eigenvalue weighted by Crippen LogP contribution is -2.60. The van der Waals surface area contributed by atoms with E-state index in [1.54, 1.807) is 16.7 Å². The van der Waals surface area contributed by atoms with Gasteiger partial charge in [0.05, 0.1) is 31.1 Å². The van der Waals surface area contributed by atoms with Crippen LogP contribution < -0.4 is 14.2 Å². The maximum atomic E-state index is 14.3. The van der Waals surface area contributed by atoms with Gasteiger partial charge in [0.1, 0.15) is 23.9 Å². The highest BCUT2D eigenvalue weighted by Gasteiger charge is 2.46. The molecule has 2 saturated heterocycles. The first-order valence-corrected chi connectivity index (χ1v) is 13.8. The van der Waals surface area contributed by atoms with Gasteiger partial charge in [0.2, 0.25) is 0 Å². The highest BCUT2D eigenvalue weighted by atomic mass is 19.1. The molecule has 3 atom stereocenters. The maximum Gasteiger partial charge on any atom is 0.257 e. The van der Waals surface area contributed by atoms with Crippen LogP contribution in [0.5, 0.6) is 17.2 Å². The van der Waals surface area contributed by atoms with E-state index in [1.165, 1.54) is 18.2 Å². The Morgan fingerprint density at radius 2 is 2.00 bits per heavy atom. The quantitative estimate of drug-likeness (QED) is 0.493. The number of rotatable bonds is 1. The number of nitrogens with zero attached hydrogens (tertiary/aromatic N) is 5. The van der Waals surface area contributed by atoms with Crippen LogP contribution in [0.3, 0.4) is 0 Å². The largest absolute Gasteiger partial charge is 0.493 e. The van der Waals surface area contributed by atoms with E-state index in [-0.39, 0.29) is 24.0 Å². The van der Waals surface area contributed by atoms with Gasteiger partial charge in [-0.15, -0.1) is 5.10 Å². The molecule has 0 spiro atoms. The highest BCUT2D eigenvalue weighted by molar-refractivity contribution is 5.97. The standard InChI is InChI=1S/C29H34FN5O5/c1-38-26-5-2-4-20-15-33-11-8-29(37)9-12-34(17-21(29)16-33)28(36)24-14-22(30)6-7-25(24)39-13-3-10-35-18-23(31-32-35)19-40-27(20)26/h2,4-7,14,18,21,37H,3,8-13,15-17,19H2,1H3/t21-,29-/m1/s1. The summed E-state index contributed by atoms with van der Waals surface area (Å²) in [6.07, 6.45) is 3.53. The van der Waals surface area contributed by atoms with Crippen LogP contribution >= 0.6 is 0 Å². The summed E-state index contributed by atoms with van der Waals surface area (Å²) < 4.78 is 33.8. The number of aliphatic hydroxyl groups is 1. The lowest BCUT2D eigenvalue weighted by Gasteiger charge is -2.50. The van der Waals surface area contributed by atoms with Gasteiger partial charge < -0.3 is 24.2 Å². The molecule has 40 heavy (non-hydrogen) atoms. The topological polar surface area (TPSA) is 102 Å². The Morgan fingerprint density at radius 3 is 2.88 bits per heavy atom. The first-order chi connectivity index (χ1) is 19.4. The number of hydrogen-bond donors (Lipinski definition) is 1. The molecule has 3 aliphatic rings. The van der Waals surface area contributed by atoms with Crippen LogP contribution in [0.1, 0.15) is 40.9 Å². The summed E-state index contributed by atoms with van der Waals surface area (Å²) in [5.41, 5.74) is 1.01. The van der Waals surface area contributed by atoms with Gasteiger partial charge in [-0.05, 0) is 37.1 Å². The summed E-state index contributed by atoms with van der Waals surface area (Å²) in [4.78, 5) is 17.6. The molecule has 212 valence electrons. The molecule has 3 aliphatic heterocycles. The SMILES string of the molecule is COc1cccc2c1OCc1cn(nn1)CCCOc1ccc(F)cc1C(=O)N1CC[C@]3(O)CCN(C2)C[C@@H]3C1. The normalized spacial score (nSPS) is 25.3. The smallest absolute Gasteiger partial charge is 0.257 e. The van der Waals surface area contributed by atoms with E-state index >= 15 is 0 Å². The lowest BCUT2D eigenvalue weighted by molar-refractivity contribution is -0.108. The number of methoxy groups -OCH3 is 1. The van der Waals surface area contributed by atoms with Crippen molar-refractivity contribution in [2.75, 3.05) is 39.9 Å². The monoisotopic (exact) mass is 551 g/mol. The molecule has 0 saturated carbocycles.